The van der Waals surface area contributed by atoms with E-state index in [4.69, 9.17) is 0 Å². The van der Waals surface area contributed by atoms with Gasteiger partial charge in [0.15, 0.2) is 0 Å². The molecule has 1 heterocycles. The van der Waals surface area contributed by atoms with Gasteiger partial charge in [-0.25, -0.2) is 0 Å². The van der Waals surface area contributed by atoms with Crippen molar-refractivity contribution < 1.29 is 5.11 Å². The lowest BCUT2D eigenvalue weighted by atomic mass is 10.0. The molecule has 2 N–H and O–H groups in total. The quantitative estimate of drug-likeness (QED) is 0.806. The first kappa shape index (κ1) is 13.6. The number of aliphatic hydroxyl groups excluding tert-OH is 1. The molecule has 0 aliphatic heterocycles. The van der Waals surface area contributed by atoms with Crippen LogP contribution >= 0.6 is 0 Å². The van der Waals surface area contributed by atoms with Crippen LogP contribution in [0, 0.1) is 16.7 Å². The van der Waals surface area contributed by atoms with Gasteiger partial charge < -0.3 is 10.4 Å². The van der Waals surface area contributed by atoms with E-state index in [1.54, 1.807) is 10.9 Å². The zero-order chi connectivity index (χ0) is 13.4. The Morgan fingerprint density at radius 1 is 1.33 bits per heavy atom. The lowest BCUT2D eigenvalue weighted by molar-refractivity contribution is 0.146. The van der Waals surface area contributed by atoms with E-state index in [-0.39, 0.29) is 6.10 Å². The summed E-state index contributed by atoms with van der Waals surface area (Å²) in [6.07, 6.45) is 3.22. The molecule has 0 spiro atoms. The molecule has 0 radical (unpaired) electrons. The summed E-state index contributed by atoms with van der Waals surface area (Å²) >= 11 is 0. The Balaban J connectivity index is 1.67. The summed E-state index contributed by atoms with van der Waals surface area (Å²) in [5.41, 5.74) is 0.819. The standard InChI is InChI=1S/C14H25N3O/c1-13(2)12(14(13,3)4)9-15-8-11(18)10-17-7-5-6-16-17/h5-7,11-12,15,18H,8-10H2,1-4H3. The summed E-state index contributed by atoms with van der Waals surface area (Å²) in [6, 6.07) is 1.87. The minimum Gasteiger partial charge on any atom is -0.390 e. The maximum atomic E-state index is 9.89. The molecule has 1 aliphatic carbocycles. The number of hydrogen-bond acceptors (Lipinski definition) is 3. The van der Waals surface area contributed by atoms with Crippen LogP contribution in [0.1, 0.15) is 27.7 Å². The van der Waals surface area contributed by atoms with Gasteiger partial charge in [-0.3, -0.25) is 4.68 Å². The Kier molecular flexibility index (Phi) is 3.52. The number of aliphatic hydroxyl groups is 1. The number of nitrogens with zero attached hydrogens (tertiary/aromatic N) is 2. The first-order valence-electron chi connectivity index (χ1n) is 6.72. The largest absolute Gasteiger partial charge is 0.390 e. The normalized spacial score (nSPS) is 22.9. The second-order valence-corrected chi connectivity index (χ2v) is 6.54. The van der Waals surface area contributed by atoms with Crippen molar-refractivity contribution in [3.8, 4) is 0 Å². The molecule has 0 bridgehead atoms. The van der Waals surface area contributed by atoms with Crippen molar-refractivity contribution in [1.29, 1.82) is 0 Å². The summed E-state index contributed by atoms with van der Waals surface area (Å²) in [7, 11) is 0. The van der Waals surface area contributed by atoms with Crippen LogP contribution in [-0.4, -0.2) is 34.1 Å². The molecule has 4 heteroatoms. The molecule has 1 atom stereocenters. The first-order chi connectivity index (χ1) is 8.35. The summed E-state index contributed by atoms with van der Waals surface area (Å²) in [4.78, 5) is 0. The minimum atomic E-state index is -0.380. The highest BCUT2D eigenvalue weighted by Gasteiger charge is 2.63. The highest BCUT2D eigenvalue weighted by Crippen LogP contribution is 2.67. The number of rotatable bonds is 6. The molecule has 0 saturated heterocycles. The Morgan fingerprint density at radius 3 is 2.50 bits per heavy atom. The fraction of sp³-hybridized carbons (Fsp3) is 0.786. The van der Waals surface area contributed by atoms with Gasteiger partial charge in [0.05, 0.1) is 12.6 Å². The second-order valence-electron chi connectivity index (χ2n) is 6.54. The van der Waals surface area contributed by atoms with Crippen molar-refractivity contribution in [3.05, 3.63) is 18.5 Å². The lowest BCUT2D eigenvalue weighted by Gasteiger charge is -2.12. The van der Waals surface area contributed by atoms with Gasteiger partial charge in [-0.2, -0.15) is 5.10 Å². The van der Waals surface area contributed by atoms with Crippen LogP contribution in [-0.2, 0) is 6.54 Å². The highest BCUT2D eigenvalue weighted by molar-refractivity contribution is 5.12. The van der Waals surface area contributed by atoms with Crippen molar-refractivity contribution >= 4 is 0 Å². The molecule has 2 rings (SSSR count). The maximum absolute atomic E-state index is 9.89. The van der Waals surface area contributed by atoms with Crippen molar-refractivity contribution in [3.63, 3.8) is 0 Å². The van der Waals surface area contributed by atoms with Crippen LogP contribution in [0.3, 0.4) is 0 Å². The first-order valence-corrected chi connectivity index (χ1v) is 6.72. The minimum absolute atomic E-state index is 0.380. The smallest absolute Gasteiger partial charge is 0.0860 e. The third-order valence-electron chi connectivity index (χ3n) is 5.01. The van der Waals surface area contributed by atoms with E-state index in [9.17, 15) is 5.11 Å². The predicted octanol–water partition coefficient (Wildman–Crippen LogP) is 1.52. The van der Waals surface area contributed by atoms with E-state index < -0.39 is 0 Å². The van der Waals surface area contributed by atoms with Gasteiger partial charge in [-0.15, -0.1) is 0 Å². The monoisotopic (exact) mass is 251 g/mol. The summed E-state index contributed by atoms with van der Waals surface area (Å²) < 4.78 is 1.76. The van der Waals surface area contributed by atoms with Gasteiger partial charge >= 0.3 is 0 Å². The van der Waals surface area contributed by atoms with Crippen LogP contribution < -0.4 is 5.32 Å². The number of nitrogens with one attached hydrogen (secondary N) is 1. The molecule has 1 unspecified atom stereocenters. The van der Waals surface area contributed by atoms with Crippen LogP contribution in [0.5, 0.6) is 0 Å². The zero-order valence-electron chi connectivity index (χ0n) is 11.8. The third kappa shape index (κ3) is 2.45. The summed E-state index contributed by atoms with van der Waals surface area (Å²) in [6.45, 7) is 11.4. The molecule has 1 aliphatic rings. The van der Waals surface area contributed by atoms with Crippen LogP contribution in [0.15, 0.2) is 18.5 Å². The molecule has 1 fully saturated rings. The van der Waals surface area contributed by atoms with Crippen molar-refractivity contribution in [1.82, 2.24) is 15.1 Å². The Morgan fingerprint density at radius 2 is 2.00 bits per heavy atom. The average molecular weight is 251 g/mol. The fourth-order valence-corrected chi connectivity index (χ4v) is 2.93. The van der Waals surface area contributed by atoms with E-state index in [0.29, 0.717) is 29.8 Å². The molecular formula is C14H25N3O. The molecule has 1 saturated carbocycles. The van der Waals surface area contributed by atoms with Gasteiger partial charge in [0.2, 0.25) is 0 Å². The fourth-order valence-electron chi connectivity index (χ4n) is 2.93. The third-order valence-corrected chi connectivity index (χ3v) is 5.01. The van der Waals surface area contributed by atoms with Gasteiger partial charge in [0, 0.05) is 18.9 Å². The van der Waals surface area contributed by atoms with Crippen molar-refractivity contribution in [2.75, 3.05) is 13.1 Å². The Bertz CT molecular complexity index is 370. The molecular weight excluding hydrogens is 226 g/mol. The van der Waals surface area contributed by atoms with Gasteiger partial charge in [0.1, 0.15) is 0 Å². The molecule has 0 aromatic carbocycles. The van der Waals surface area contributed by atoms with Crippen molar-refractivity contribution in [2.24, 2.45) is 16.7 Å². The van der Waals surface area contributed by atoms with Crippen molar-refractivity contribution in [2.45, 2.75) is 40.3 Å². The zero-order valence-corrected chi connectivity index (χ0v) is 11.8. The van der Waals surface area contributed by atoms with E-state index in [0.717, 1.165) is 6.54 Å². The molecule has 4 nitrogen and oxygen atoms in total. The summed E-state index contributed by atoms with van der Waals surface area (Å²) in [5, 5.41) is 17.4. The second kappa shape index (κ2) is 4.67. The molecule has 1 aromatic heterocycles. The van der Waals surface area contributed by atoms with Crippen LogP contribution in [0.25, 0.3) is 0 Å². The SMILES string of the molecule is CC1(C)C(CNCC(O)Cn2cccn2)C1(C)C. The number of hydrogen-bond donors (Lipinski definition) is 2. The van der Waals surface area contributed by atoms with E-state index in [1.165, 1.54) is 0 Å². The topological polar surface area (TPSA) is 50.1 Å². The summed E-state index contributed by atoms with van der Waals surface area (Å²) in [5.74, 6) is 0.696. The predicted molar refractivity (Wildman–Crippen MR) is 72.2 cm³/mol. The highest BCUT2D eigenvalue weighted by atomic mass is 16.3. The van der Waals surface area contributed by atoms with E-state index in [2.05, 4.69) is 38.1 Å². The molecule has 102 valence electrons. The van der Waals surface area contributed by atoms with Crippen LogP contribution in [0.4, 0.5) is 0 Å². The van der Waals surface area contributed by atoms with E-state index in [1.807, 2.05) is 12.3 Å². The number of aromatic nitrogens is 2. The molecule has 1 aromatic rings. The van der Waals surface area contributed by atoms with Crippen LogP contribution in [0.2, 0.25) is 0 Å². The molecule has 0 amide bonds. The van der Waals surface area contributed by atoms with Gasteiger partial charge in [-0.1, -0.05) is 27.7 Å². The van der Waals surface area contributed by atoms with Gasteiger partial charge in [-0.05, 0) is 29.4 Å². The van der Waals surface area contributed by atoms with E-state index >= 15 is 0 Å². The Hall–Kier alpha value is -0.870. The molecule has 18 heavy (non-hydrogen) atoms. The Labute approximate surface area is 109 Å². The lowest BCUT2D eigenvalue weighted by Crippen LogP contribution is -2.32. The average Bonchev–Trinajstić information content (AvgIpc) is 2.68. The maximum Gasteiger partial charge on any atom is 0.0860 e. The van der Waals surface area contributed by atoms with Gasteiger partial charge in [0.25, 0.3) is 0 Å².